The zero-order chi connectivity index (χ0) is 45.7. The van der Waals surface area contributed by atoms with Crippen LogP contribution < -0.4 is 5.32 Å². The number of rotatable bonds is 40. The van der Waals surface area contributed by atoms with Gasteiger partial charge in [0.05, 0.1) is 25.4 Å². The van der Waals surface area contributed by atoms with Crippen LogP contribution in [0.1, 0.15) is 187 Å². The highest BCUT2D eigenvalue weighted by Gasteiger charge is 2.48. The van der Waals surface area contributed by atoms with Gasteiger partial charge in [0.1, 0.15) is 30.5 Å². The number of hydrogen-bond acceptors (Lipinski definition) is 11. The Bertz CT molecular complexity index is 1310. The average Bonchev–Trinajstić information content (AvgIpc) is 3.24. The smallest absolute Gasteiger partial charge is 0.394 e. The Morgan fingerprint density at radius 2 is 1.10 bits per heavy atom. The van der Waals surface area contributed by atoms with Crippen molar-refractivity contribution >= 4 is 16.3 Å². The molecule has 1 amide bonds. The van der Waals surface area contributed by atoms with E-state index in [0.717, 1.165) is 70.6 Å². The molecule has 0 radical (unpaired) electrons. The molecule has 7 N–H and O–H groups in total. The predicted molar refractivity (Wildman–Crippen MR) is 247 cm³/mol. The minimum absolute atomic E-state index is 0.225. The van der Waals surface area contributed by atoms with Gasteiger partial charge in [-0.2, -0.15) is 8.42 Å². The van der Waals surface area contributed by atoms with Crippen molar-refractivity contribution in [1.29, 1.82) is 0 Å². The lowest BCUT2D eigenvalue weighted by Crippen LogP contribution is -2.61. The Hall–Kier alpha value is -1.98. The molecule has 0 aromatic carbocycles. The van der Waals surface area contributed by atoms with E-state index in [1.165, 1.54) is 89.5 Å². The summed E-state index contributed by atoms with van der Waals surface area (Å²) in [5.74, 6) is -0.723. The van der Waals surface area contributed by atoms with Crippen molar-refractivity contribution < 1.29 is 57.0 Å². The molecule has 0 aromatic heterocycles. The van der Waals surface area contributed by atoms with Gasteiger partial charge in [-0.3, -0.25) is 9.35 Å². The lowest BCUT2D eigenvalue weighted by Gasteiger charge is -2.41. The topological polar surface area (TPSA) is 212 Å². The van der Waals surface area contributed by atoms with Gasteiger partial charge in [0.25, 0.3) is 0 Å². The van der Waals surface area contributed by atoms with Gasteiger partial charge in [-0.1, -0.05) is 172 Å². The van der Waals surface area contributed by atoms with Gasteiger partial charge in [0.15, 0.2) is 6.29 Å². The Morgan fingerprint density at radius 3 is 1.60 bits per heavy atom. The highest BCUT2D eigenvalue weighted by atomic mass is 32.3. The third-order valence-corrected chi connectivity index (χ3v) is 11.6. The van der Waals surface area contributed by atoms with E-state index in [4.69, 9.17) is 9.47 Å². The Balaban J connectivity index is 2.52. The van der Waals surface area contributed by atoms with Crippen molar-refractivity contribution in [1.82, 2.24) is 5.32 Å². The fourth-order valence-electron chi connectivity index (χ4n) is 7.30. The van der Waals surface area contributed by atoms with Crippen molar-refractivity contribution in [3.63, 3.8) is 0 Å². The minimum atomic E-state index is -5.12. The summed E-state index contributed by atoms with van der Waals surface area (Å²) >= 11 is 0. The molecule has 1 rings (SSSR count). The number of allylic oxidation sites excluding steroid dienone is 7. The molecule has 0 aliphatic carbocycles. The van der Waals surface area contributed by atoms with Crippen molar-refractivity contribution in [2.45, 2.75) is 236 Å². The fourth-order valence-corrected chi connectivity index (χ4v) is 7.80. The molecule has 8 atom stereocenters. The van der Waals surface area contributed by atoms with E-state index in [0.29, 0.717) is 12.8 Å². The molecule has 13 nitrogen and oxygen atoms in total. The molecule has 8 unspecified atom stereocenters. The normalized spacial score (nSPS) is 21.5. The standard InChI is InChI=1S/C48H87NO12S/c1-3-5-7-9-11-13-15-17-18-19-20-21-22-23-24-25-27-29-31-33-35-37-42(52)47(55)49-40(41(51)36-34-32-30-28-26-16-14-12-10-8-6-4-2)39-59-48-45(54)46(61-62(56,57)58)44(53)43(38-50)60-48/h10,12,22-23,26,28,34,36,40-46,48,50-54H,3-9,11,13-21,24-25,27,29-33,35,37-39H2,1-2H3,(H,49,55)(H,56,57,58)/b12-10+,23-22-,28-26+,36-34+. The monoisotopic (exact) mass is 902 g/mol. The van der Waals surface area contributed by atoms with Crippen LogP contribution in [0, 0.1) is 0 Å². The van der Waals surface area contributed by atoms with Gasteiger partial charge < -0.3 is 40.3 Å². The quantitative estimate of drug-likeness (QED) is 0.0175. The molecule has 0 bridgehead atoms. The van der Waals surface area contributed by atoms with Crippen LogP contribution in [0.4, 0.5) is 0 Å². The Kier molecular flexibility index (Phi) is 35.9. The van der Waals surface area contributed by atoms with E-state index in [1.54, 1.807) is 6.08 Å². The fraction of sp³-hybridized carbons (Fsp3) is 0.812. The lowest BCUT2D eigenvalue weighted by atomic mass is 9.99. The predicted octanol–water partition coefficient (Wildman–Crippen LogP) is 8.63. The average molecular weight is 902 g/mol. The van der Waals surface area contributed by atoms with E-state index in [2.05, 4.69) is 59.8 Å². The third-order valence-electron chi connectivity index (χ3n) is 11.2. The number of unbranched alkanes of at least 4 members (excludes halogenated alkanes) is 21. The molecule has 0 aromatic rings. The Labute approximate surface area is 375 Å². The molecule has 1 aliphatic rings. The number of hydrogen-bond donors (Lipinski definition) is 7. The third kappa shape index (κ3) is 30.2. The molecule has 0 saturated carbocycles. The van der Waals surface area contributed by atoms with Crippen LogP contribution in [0.2, 0.25) is 0 Å². The van der Waals surface area contributed by atoms with Crippen molar-refractivity contribution in [3.05, 3.63) is 48.6 Å². The first kappa shape index (κ1) is 58.0. The first-order valence-electron chi connectivity index (χ1n) is 24.1. The van der Waals surface area contributed by atoms with Crippen LogP contribution >= 0.6 is 0 Å². The molecule has 362 valence electrons. The van der Waals surface area contributed by atoms with Crippen molar-refractivity contribution in [3.8, 4) is 0 Å². The molecule has 62 heavy (non-hydrogen) atoms. The second-order valence-corrected chi connectivity index (χ2v) is 17.9. The first-order valence-corrected chi connectivity index (χ1v) is 25.5. The highest BCUT2D eigenvalue weighted by Crippen LogP contribution is 2.26. The number of aliphatic hydroxyl groups excluding tert-OH is 5. The zero-order valence-corrected chi connectivity index (χ0v) is 39.1. The maximum absolute atomic E-state index is 13.1. The van der Waals surface area contributed by atoms with E-state index in [-0.39, 0.29) is 6.42 Å². The van der Waals surface area contributed by atoms with Gasteiger partial charge >= 0.3 is 10.4 Å². The Morgan fingerprint density at radius 1 is 0.645 bits per heavy atom. The molecule has 1 saturated heterocycles. The number of carbonyl (C=O) groups excluding carboxylic acids is 1. The summed E-state index contributed by atoms with van der Waals surface area (Å²) < 4.78 is 47.5. The van der Waals surface area contributed by atoms with Gasteiger partial charge in [0.2, 0.25) is 5.91 Å². The molecular weight excluding hydrogens is 815 g/mol. The van der Waals surface area contributed by atoms with Crippen LogP contribution in [0.3, 0.4) is 0 Å². The van der Waals surface area contributed by atoms with E-state index >= 15 is 0 Å². The van der Waals surface area contributed by atoms with Gasteiger partial charge in [-0.25, -0.2) is 4.18 Å². The van der Waals surface area contributed by atoms with Crippen molar-refractivity contribution in [2.24, 2.45) is 0 Å². The molecule has 0 spiro atoms. The minimum Gasteiger partial charge on any atom is -0.394 e. The second kappa shape index (κ2) is 38.3. The van der Waals surface area contributed by atoms with Crippen LogP contribution in [0.25, 0.3) is 0 Å². The van der Waals surface area contributed by atoms with Gasteiger partial charge in [0, 0.05) is 0 Å². The van der Waals surface area contributed by atoms with E-state index < -0.39 is 78.5 Å². The van der Waals surface area contributed by atoms with Crippen LogP contribution in [-0.2, 0) is 28.9 Å². The van der Waals surface area contributed by atoms with Gasteiger partial charge in [-0.05, 0) is 64.2 Å². The lowest BCUT2D eigenvalue weighted by molar-refractivity contribution is -0.298. The van der Waals surface area contributed by atoms with Crippen molar-refractivity contribution in [2.75, 3.05) is 13.2 Å². The summed E-state index contributed by atoms with van der Waals surface area (Å²) in [6, 6.07) is -1.15. The van der Waals surface area contributed by atoms with Gasteiger partial charge in [-0.15, -0.1) is 0 Å². The second-order valence-electron chi connectivity index (χ2n) is 16.8. The maximum atomic E-state index is 13.1. The molecule has 14 heteroatoms. The maximum Gasteiger partial charge on any atom is 0.397 e. The molecule has 1 aliphatic heterocycles. The highest BCUT2D eigenvalue weighted by molar-refractivity contribution is 7.80. The number of amides is 1. The number of aliphatic hydroxyl groups is 5. The summed E-state index contributed by atoms with van der Waals surface area (Å²) in [7, 11) is -5.12. The summed E-state index contributed by atoms with van der Waals surface area (Å²) in [4.78, 5) is 13.1. The SMILES string of the molecule is CCCC/C=C/CC/C=C/CC/C=C/C(O)C(COC1OC(CO)C(O)C(OS(=O)(=O)O)C1O)NC(=O)C(O)CCCCCCCC/C=C\CCCCCCCCCCCCC. The number of ether oxygens (including phenoxy) is 2. The molecule has 1 heterocycles. The van der Waals surface area contributed by atoms with Crippen LogP contribution in [0.15, 0.2) is 48.6 Å². The number of carbonyl (C=O) groups is 1. The van der Waals surface area contributed by atoms with Crippen LogP contribution in [0.5, 0.6) is 0 Å². The number of nitrogens with one attached hydrogen (secondary N) is 1. The summed E-state index contributed by atoms with van der Waals surface area (Å²) in [5.41, 5.74) is 0. The molecule has 1 fully saturated rings. The molecular formula is C48H87NO12S. The first-order chi connectivity index (χ1) is 29.9. The summed E-state index contributed by atoms with van der Waals surface area (Å²) in [6.07, 6.45) is 34.9. The largest absolute Gasteiger partial charge is 0.397 e. The summed E-state index contributed by atoms with van der Waals surface area (Å²) in [5, 5.41) is 55.1. The van der Waals surface area contributed by atoms with Crippen LogP contribution in [-0.4, -0.2) is 107 Å². The summed E-state index contributed by atoms with van der Waals surface area (Å²) in [6.45, 7) is 3.14. The zero-order valence-electron chi connectivity index (χ0n) is 38.3. The van der Waals surface area contributed by atoms with E-state index in [1.807, 2.05) is 0 Å². The van der Waals surface area contributed by atoms with E-state index in [9.17, 15) is 43.3 Å².